The fourth-order valence-electron chi connectivity index (χ4n) is 1.18. The molecule has 0 unspecified atom stereocenters. The van der Waals surface area contributed by atoms with E-state index in [4.69, 9.17) is 15.7 Å². The molecule has 0 bridgehead atoms. The summed E-state index contributed by atoms with van der Waals surface area (Å²) in [5.41, 5.74) is 2.42. The molecule has 1 aromatic heterocycles. The van der Waals surface area contributed by atoms with E-state index in [1.165, 1.54) is 13.4 Å². The molecule has 4 N–H and O–H groups in total. The summed E-state index contributed by atoms with van der Waals surface area (Å²) in [6.45, 7) is 0.492. The lowest BCUT2D eigenvalue weighted by molar-refractivity contribution is 0.303. The molecule has 15 heavy (non-hydrogen) atoms. The molecule has 0 aromatic carbocycles. The third kappa shape index (κ3) is 2.45. The predicted molar refractivity (Wildman–Crippen MR) is 56.7 cm³/mol. The van der Waals surface area contributed by atoms with Gasteiger partial charge >= 0.3 is 0 Å². The number of nitrogens with two attached hydrogens (primary N) is 1. The highest BCUT2D eigenvalue weighted by Gasteiger charge is 2.14. The van der Waals surface area contributed by atoms with Gasteiger partial charge in [0, 0.05) is 13.6 Å². The molecule has 0 aliphatic heterocycles. The molecule has 0 spiro atoms. The van der Waals surface area contributed by atoms with Gasteiger partial charge in [0.25, 0.3) is 0 Å². The number of aliphatic hydroxyl groups excluding tert-OH is 1. The third-order valence-corrected chi connectivity index (χ3v) is 1.92. The van der Waals surface area contributed by atoms with E-state index in [1.54, 1.807) is 11.9 Å². The Morgan fingerprint density at radius 1 is 1.60 bits per heavy atom. The first-order valence-electron chi connectivity index (χ1n) is 4.42. The number of hydrogen-bond donors (Lipinski definition) is 3. The minimum Gasteiger partial charge on any atom is -0.490 e. The number of rotatable bonds is 5. The van der Waals surface area contributed by atoms with Crippen LogP contribution in [0.5, 0.6) is 5.75 Å². The van der Waals surface area contributed by atoms with Gasteiger partial charge in [-0.05, 0) is 0 Å². The van der Waals surface area contributed by atoms with E-state index in [2.05, 4.69) is 15.4 Å². The predicted octanol–water partition coefficient (Wildman–Crippen LogP) is -0.801. The van der Waals surface area contributed by atoms with Crippen molar-refractivity contribution >= 4 is 11.6 Å². The smallest absolute Gasteiger partial charge is 0.205 e. The van der Waals surface area contributed by atoms with E-state index in [9.17, 15) is 0 Å². The van der Waals surface area contributed by atoms with Gasteiger partial charge in [-0.15, -0.1) is 0 Å². The lowest BCUT2D eigenvalue weighted by atomic mass is 10.4. The van der Waals surface area contributed by atoms with E-state index in [0.29, 0.717) is 23.9 Å². The molecule has 7 nitrogen and oxygen atoms in total. The number of nitrogen functional groups attached to an aromatic ring is 1. The van der Waals surface area contributed by atoms with Crippen molar-refractivity contribution < 1.29 is 9.84 Å². The Kier molecular flexibility index (Phi) is 4.07. The highest BCUT2D eigenvalue weighted by molar-refractivity contribution is 5.63. The fraction of sp³-hybridized carbons (Fsp3) is 0.500. The van der Waals surface area contributed by atoms with Crippen LogP contribution in [0.3, 0.4) is 0 Å². The SMILES string of the molecule is COc1c(NN)ncnc1N(C)CCO. The topological polar surface area (TPSA) is 96.5 Å². The summed E-state index contributed by atoms with van der Waals surface area (Å²) in [7, 11) is 3.30. The quantitative estimate of drug-likeness (QED) is 0.435. The number of nitrogens with one attached hydrogen (secondary N) is 1. The van der Waals surface area contributed by atoms with Crippen LogP contribution in [0.2, 0.25) is 0 Å². The van der Waals surface area contributed by atoms with E-state index in [0.717, 1.165) is 0 Å². The number of methoxy groups -OCH3 is 1. The number of hydrazine groups is 1. The summed E-state index contributed by atoms with van der Waals surface area (Å²) in [6, 6.07) is 0. The normalized spacial score (nSPS) is 9.87. The second-order valence-corrected chi connectivity index (χ2v) is 2.87. The molecule has 84 valence electrons. The van der Waals surface area contributed by atoms with E-state index >= 15 is 0 Å². The molecular weight excluding hydrogens is 198 g/mol. The Morgan fingerprint density at radius 2 is 2.33 bits per heavy atom. The zero-order valence-electron chi connectivity index (χ0n) is 8.77. The maximum absolute atomic E-state index is 8.82. The number of likely N-dealkylation sites (N-methyl/N-ethyl adjacent to an activating group) is 1. The Bertz CT molecular complexity index is 320. The Morgan fingerprint density at radius 3 is 2.87 bits per heavy atom. The van der Waals surface area contributed by atoms with Crippen molar-refractivity contribution in [1.82, 2.24) is 9.97 Å². The van der Waals surface area contributed by atoms with Crippen LogP contribution >= 0.6 is 0 Å². The zero-order valence-corrected chi connectivity index (χ0v) is 8.77. The summed E-state index contributed by atoms with van der Waals surface area (Å²) in [5.74, 6) is 6.72. The largest absolute Gasteiger partial charge is 0.490 e. The van der Waals surface area contributed by atoms with Gasteiger partial charge in [-0.3, -0.25) is 0 Å². The highest BCUT2D eigenvalue weighted by atomic mass is 16.5. The lowest BCUT2D eigenvalue weighted by Gasteiger charge is -2.20. The number of ether oxygens (including phenoxy) is 1. The number of nitrogens with zero attached hydrogens (tertiary/aromatic N) is 3. The summed E-state index contributed by atoms with van der Waals surface area (Å²) in [5, 5.41) is 8.82. The molecule has 1 heterocycles. The second kappa shape index (κ2) is 5.32. The van der Waals surface area contributed by atoms with Crippen LogP contribution in [0.4, 0.5) is 11.6 Å². The zero-order chi connectivity index (χ0) is 11.3. The Labute approximate surface area is 87.9 Å². The van der Waals surface area contributed by atoms with Gasteiger partial charge in [-0.2, -0.15) is 0 Å². The van der Waals surface area contributed by atoms with Crippen LogP contribution < -0.4 is 20.9 Å². The first-order chi connectivity index (χ1) is 7.24. The van der Waals surface area contributed by atoms with Crippen molar-refractivity contribution in [2.75, 3.05) is 37.6 Å². The van der Waals surface area contributed by atoms with Gasteiger partial charge in [-0.25, -0.2) is 15.8 Å². The van der Waals surface area contributed by atoms with Crippen LogP contribution in [-0.2, 0) is 0 Å². The molecule has 0 saturated heterocycles. The summed E-state index contributed by atoms with van der Waals surface area (Å²) in [6.07, 6.45) is 1.38. The van der Waals surface area contributed by atoms with Gasteiger partial charge in [-0.1, -0.05) is 0 Å². The van der Waals surface area contributed by atoms with Crippen molar-refractivity contribution in [2.45, 2.75) is 0 Å². The summed E-state index contributed by atoms with van der Waals surface area (Å²) >= 11 is 0. The van der Waals surface area contributed by atoms with Gasteiger partial charge in [0.15, 0.2) is 11.6 Å². The molecule has 0 amide bonds. The van der Waals surface area contributed by atoms with E-state index < -0.39 is 0 Å². The van der Waals surface area contributed by atoms with Crippen LogP contribution in [-0.4, -0.2) is 42.4 Å². The van der Waals surface area contributed by atoms with Gasteiger partial charge in [0.1, 0.15) is 6.33 Å². The van der Waals surface area contributed by atoms with E-state index in [1.807, 2.05) is 0 Å². The molecule has 0 fully saturated rings. The van der Waals surface area contributed by atoms with Crippen LogP contribution in [0.1, 0.15) is 0 Å². The average molecular weight is 213 g/mol. The van der Waals surface area contributed by atoms with E-state index in [-0.39, 0.29) is 6.61 Å². The number of hydrogen-bond acceptors (Lipinski definition) is 7. The van der Waals surface area contributed by atoms with Crippen molar-refractivity contribution in [1.29, 1.82) is 0 Å². The minimum atomic E-state index is 0.0368. The second-order valence-electron chi connectivity index (χ2n) is 2.87. The van der Waals surface area contributed by atoms with Gasteiger partial charge in [0.05, 0.1) is 13.7 Å². The Balaban J connectivity index is 3.05. The van der Waals surface area contributed by atoms with Crippen LogP contribution in [0.15, 0.2) is 6.33 Å². The highest BCUT2D eigenvalue weighted by Crippen LogP contribution is 2.30. The Hall–Kier alpha value is -1.60. The van der Waals surface area contributed by atoms with Crippen LogP contribution in [0, 0.1) is 0 Å². The van der Waals surface area contributed by atoms with Crippen molar-refractivity contribution in [3.05, 3.63) is 6.33 Å². The maximum atomic E-state index is 8.82. The van der Waals surface area contributed by atoms with Gasteiger partial charge < -0.3 is 20.2 Å². The molecule has 1 rings (SSSR count). The molecule has 1 aromatic rings. The molecular formula is C8H15N5O2. The minimum absolute atomic E-state index is 0.0368. The van der Waals surface area contributed by atoms with Crippen molar-refractivity contribution in [2.24, 2.45) is 5.84 Å². The number of aliphatic hydroxyl groups is 1. The van der Waals surface area contributed by atoms with Crippen molar-refractivity contribution in [3.8, 4) is 5.75 Å². The first kappa shape index (κ1) is 11.5. The summed E-state index contributed by atoms with van der Waals surface area (Å²) < 4.78 is 5.14. The van der Waals surface area contributed by atoms with Crippen molar-refractivity contribution in [3.63, 3.8) is 0 Å². The monoisotopic (exact) mass is 213 g/mol. The molecule has 0 radical (unpaired) electrons. The molecule has 7 heteroatoms. The maximum Gasteiger partial charge on any atom is 0.205 e. The molecule has 0 aliphatic carbocycles. The number of aromatic nitrogens is 2. The number of anilines is 2. The molecule has 0 aliphatic rings. The molecule has 0 saturated carbocycles. The lowest BCUT2D eigenvalue weighted by Crippen LogP contribution is -2.23. The van der Waals surface area contributed by atoms with Crippen LogP contribution in [0.25, 0.3) is 0 Å². The average Bonchev–Trinajstić information content (AvgIpc) is 2.28. The fourth-order valence-corrected chi connectivity index (χ4v) is 1.18. The third-order valence-electron chi connectivity index (χ3n) is 1.92. The first-order valence-corrected chi connectivity index (χ1v) is 4.42. The molecule has 0 atom stereocenters. The standard InChI is InChI=1S/C8H15N5O2/c1-13(3-4-14)8-6(15-2)7(12-9)10-5-11-8/h5,14H,3-4,9H2,1-2H3,(H,10,11,12). The van der Waals surface area contributed by atoms with Gasteiger partial charge in [0.2, 0.25) is 5.75 Å². The summed E-state index contributed by atoms with van der Waals surface area (Å²) in [4.78, 5) is 9.72.